The van der Waals surface area contributed by atoms with Gasteiger partial charge in [-0.2, -0.15) is 0 Å². The van der Waals surface area contributed by atoms with Gasteiger partial charge < -0.3 is 19.6 Å². The molecule has 0 radical (unpaired) electrons. The Labute approximate surface area is 183 Å². The summed E-state index contributed by atoms with van der Waals surface area (Å²) in [6, 6.07) is 12.4. The van der Waals surface area contributed by atoms with Gasteiger partial charge in [-0.25, -0.2) is 0 Å². The number of aliphatic hydroxyl groups excluding tert-OH is 1. The number of hydrogen-bond acceptors (Lipinski definition) is 5. The Bertz CT molecular complexity index is 1010. The first-order chi connectivity index (χ1) is 14.8. The first-order valence-electron chi connectivity index (χ1n) is 10.5. The molecule has 0 spiro atoms. The molecule has 1 fully saturated rings. The average Bonchev–Trinajstić information content (AvgIpc) is 3.01. The number of methoxy groups -OCH3 is 1. The molecule has 0 aliphatic carbocycles. The lowest BCUT2D eigenvalue weighted by Crippen LogP contribution is -2.35. The maximum Gasteiger partial charge on any atom is 0.295 e. The van der Waals surface area contributed by atoms with Gasteiger partial charge in [-0.15, -0.1) is 0 Å². The lowest BCUT2D eigenvalue weighted by atomic mass is 9.94. The highest BCUT2D eigenvalue weighted by molar-refractivity contribution is 6.46. The molecule has 1 heterocycles. The third-order valence-corrected chi connectivity index (χ3v) is 5.70. The second kappa shape index (κ2) is 9.35. The number of aliphatic hydroxyl groups is 1. The number of amides is 1. The number of ether oxygens (including phenoxy) is 1. The van der Waals surface area contributed by atoms with Crippen LogP contribution in [0.15, 0.2) is 48.0 Å². The van der Waals surface area contributed by atoms with Gasteiger partial charge in [0, 0.05) is 18.7 Å². The quantitative estimate of drug-likeness (QED) is 0.420. The van der Waals surface area contributed by atoms with Crippen molar-refractivity contribution in [2.24, 2.45) is 0 Å². The highest BCUT2D eigenvalue weighted by Crippen LogP contribution is 2.39. The van der Waals surface area contributed by atoms with Crippen molar-refractivity contribution in [1.82, 2.24) is 9.80 Å². The third kappa shape index (κ3) is 4.49. The summed E-state index contributed by atoms with van der Waals surface area (Å²) < 4.78 is 5.30. The van der Waals surface area contributed by atoms with Gasteiger partial charge in [0.1, 0.15) is 11.5 Å². The number of ketones is 1. The number of nitrogens with zero attached hydrogens (tertiary/aromatic N) is 2. The molecule has 6 heteroatoms. The Morgan fingerprint density at radius 1 is 1.13 bits per heavy atom. The van der Waals surface area contributed by atoms with Gasteiger partial charge in [0.2, 0.25) is 0 Å². The zero-order valence-electron chi connectivity index (χ0n) is 18.8. The van der Waals surface area contributed by atoms with Gasteiger partial charge in [0.05, 0.1) is 18.7 Å². The molecule has 1 aliphatic rings. The number of benzene rings is 2. The molecule has 0 saturated carbocycles. The van der Waals surface area contributed by atoms with E-state index >= 15 is 0 Å². The van der Waals surface area contributed by atoms with E-state index in [1.807, 2.05) is 50.2 Å². The predicted octanol–water partition coefficient (Wildman–Crippen LogP) is 3.55. The van der Waals surface area contributed by atoms with Crippen LogP contribution < -0.4 is 4.74 Å². The van der Waals surface area contributed by atoms with Crippen molar-refractivity contribution in [3.63, 3.8) is 0 Å². The molecule has 6 nitrogen and oxygen atoms in total. The van der Waals surface area contributed by atoms with Crippen molar-refractivity contribution >= 4 is 17.4 Å². The fraction of sp³-hybridized carbons (Fsp3) is 0.360. The zero-order valence-corrected chi connectivity index (χ0v) is 18.8. The first kappa shape index (κ1) is 22.6. The molecule has 1 saturated heterocycles. The normalized spacial score (nSPS) is 18.1. The molecule has 1 amide bonds. The topological polar surface area (TPSA) is 70.1 Å². The van der Waals surface area contributed by atoms with E-state index < -0.39 is 17.7 Å². The summed E-state index contributed by atoms with van der Waals surface area (Å²) in [6.45, 7) is 4.94. The van der Waals surface area contributed by atoms with Crippen molar-refractivity contribution < 1.29 is 19.4 Å². The Hall–Kier alpha value is -3.12. The molecule has 1 unspecified atom stereocenters. The van der Waals surface area contributed by atoms with Crippen molar-refractivity contribution in [2.75, 3.05) is 34.3 Å². The summed E-state index contributed by atoms with van der Waals surface area (Å²) in [5.74, 6) is -0.719. The number of likely N-dealkylation sites (N-methyl/N-ethyl adjacent to an activating group) is 1. The van der Waals surface area contributed by atoms with Crippen LogP contribution in [-0.4, -0.2) is 60.9 Å². The Morgan fingerprint density at radius 3 is 2.35 bits per heavy atom. The van der Waals surface area contributed by atoms with E-state index in [9.17, 15) is 14.7 Å². The van der Waals surface area contributed by atoms with Crippen LogP contribution in [0.3, 0.4) is 0 Å². The molecule has 2 aromatic carbocycles. The van der Waals surface area contributed by atoms with Crippen LogP contribution in [0.2, 0.25) is 0 Å². The highest BCUT2D eigenvalue weighted by atomic mass is 16.5. The smallest absolute Gasteiger partial charge is 0.295 e. The van der Waals surface area contributed by atoms with Crippen LogP contribution >= 0.6 is 0 Å². The largest absolute Gasteiger partial charge is 0.507 e. The van der Waals surface area contributed by atoms with Gasteiger partial charge in [-0.3, -0.25) is 9.59 Å². The molecular weight excluding hydrogens is 392 g/mol. The van der Waals surface area contributed by atoms with Gasteiger partial charge in [-0.1, -0.05) is 31.2 Å². The van der Waals surface area contributed by atoms with E-state index in [1.165, 1.54) is 5.56 Å². The molecule has 2 aromatic rings. The van der Waals surface area contributed by atoms with Crippen molar-refractivity contribution in [3.8, 4) is 5.75 Å². The van der Waals surface area contributed by atoms with Crippen LogP contribution in [0.25, 0.3) is 5.76 Å². The minimum absolute atomic E-state index is 0.123. The van der Waals surface area contributed by atoms with E-state index in [0.29, 0.717) is 24.4 Å². The summed E-state index contributed by atoms with van der Waals surface area (Å²) in [7, 11) is 5.42. The second-order valence-electron chi connectivity index (χ2n) is 8.08. The summed E-state index contributed by atoms with van der Waals surface area (Å²) >= 11 is 0. The number of likely N-dealkylation sites (tertiary alicyclic amines) is 1. The van der Waals surface area contributed by atoms with Gasteiger partial charge in [0.25, 0.3) is 11.7 Å². The number of aryl methyl sites for hydroxylation is 2. The van der Waals surface area contributed by atoms with E-state index in [4.69, 9.17) is 4.74 Å². The van der Waals surface area contributed by atoms with Crippen LogP contribution in [0.5, 0.6) is 5.75 Å². The van der Waals surface area contributed by atoms with Crippen LogP contribution in [0, 0.1) is 6.92 Å². The molecule has 0 bridgehead atoms. The lowest BCUT2D eigenvalue weighted by Gasteiger charge is -2.26. The SMILES string of the molecule is CCc1ccc(C2/C(=C(/O)c3ccc(OC)c(C)c3)C(=O)C(=O)N2CCN(C)C)cc1. The fourth-order valence-corrected chi connectivity index (χ4v) is 3.88. The van der Waals surface area contributed by atoms with Gasteiger partial charge >= 0.3 is 0 Å². The van der Waals surface area contributed by atoms with Gasteiger partial charge in [-0.05, 0) is 62.3 Å². The van der Waals surface area contributed by atoms with E-state index in [-0.39, 0.29) is 11.3 Å². The highest BCUT2D eigenvalue weighted by Gasteiger charge is 2.45. The molecule has 1 aliphatic heterocycles. The molecule has 1 atom stereocenters. The minimum atomic E-state index is -0.658. The molecule has 31 heavy (non-hydrogen) atoms. The first-order valence-corrected chi connectivity index (χ1v) is 10.5. The second-order valence-corrected chi connectivity index (χ2v) is 8.08. The Morgan fingerprint density at radius 2 is 1.81 bits per heavy atom. The predicted molar refractivity (Wildman–Crippen MR) is 121 cm³/mol. The summed E-state index contributed by atoms with van der Waals surface area (Å²) in [5.41, 5.74) is 3.41. The number of hydrogen-bond donors (Lipinski definition) is 1. The average molecular weight is 423 g/mol. The number of carbonyl (C=O) groups excluding carboxylic acids is 2. The minimum Gasteiger partial charge on any atom is -0.507 e. The maximum atomic E-state index is 13.0. The van der Waals surface area contributed by atoms with Crippen LogP contribution in [0.4, 0.5) is 0 Å². The monoisotopic (exact) mass is 422 g/mol. The summed E-state index contributed by atoms with van der Waals surface area (Å²) in [6.07, 6.45) is 0.895. The standard InChI is InChI=1S/C25H30N2O4/c1-6-17-7-9-18(10-8-17)22-21(24(29)25(30)27(22)14-13-26(3)4)23(28)19-11-12-20(31-5)16(2)15-19/h7-12,15,22,28H,6,13-14H2,1-5H3/b23-21-. The van der Waals surface area contributed by atoms with E-state index in [2.05, 4.69) is 6.92 Å². The van der Waals surface area contributed by atoms with E-state index in [1.54, 1.807) is 30.2 Å². The summed E-state index contributed by atoms with van der Waals surface area (Å²) in [4.78, 5) is 29.5. The van der Waals surface area contributed by atoms with Crippen molar-refractivity contribution in [3.05, 3.63) is 70.3 Å². The Kier molecular flexibility index (Phi) is 6.81. The van der Waals surface area contributed by atoms with Crippen molar-refractivity contribution in [2.45, 2.75) is 26.3 Å². The number of Topliss-reactive ketones (excluding diaryl/α,β-unsaturated/α-hetero) is 1. The maximum absolute atomic E-state index is 13.0. The molecule has 1 N–H and O–H groups in total. The van der Waals surface area contributed by atoms with E-state index in [0.717, 1.165) is 17.5 Å². The molecule has 164 valence electrons. The molecule has 3 rings (SSSR count). The van der Waals surface area contributed by atoms with Crippen LogP contribution in [-0.2, 0) is 16.0 Å². The van der Waals surface area contributed by atoms with Crippen molar-refractivity contribution in [1.29, 1.82) is 0 Å². The molecule has 0 aromatic heterocycles. The molecular formula is C25H30N2O4. The summed E-state index contributed by atoms with van der Waals surface area (Å²) in [5, 5.41) is 11.2. The van der Waals surface area contributed by atoms with Gasteiger partial charge in [0.15, 0.2) is 0 Å². The fourth-order valence-electron chi connectivity index (χ4n) is 3.88. The zero-order chi connectivity index (χ0) is 22.7. The number of carbonyl (C=O) groups is 2. The number of rotatable bonds is 7. The Balaban J connectivity index is 2.14. The lowest BCUT2D eigenvalue weighted by molar-refractivity contribution is -0.140. The van der Waals surface area contributed by atoms with Crippen LogP contribution in [0.1, 0.15) is 35.2 Å². The third-order valence-electron chi connectivity index (χ3n) is 5.70.